The Morgan fingerprint density at radius 3 is 2.81 bits per heavy atom. The van der Waals surface area contributed by atoms with Crippen LogP contribution >= 0.6 is 0 Å². The van der Waals surface area contributed by atoms with Gasteiger partial charge in [0.1, 0.15) is 6.10 Å². The summed E-state index contributed by atoms with van der Waals surface area (Å²) in [5.74, 6) is -1.78. The van der Waals surface area contributed by atoms with Crippen LogP contribution in [0, 0.1) is 5.92 Å². The second kappa shape index (κ2) is 6.04. The molecule has 0 radical (unpaired) electrons. The zero-order valence-electron chi connectivity index (χ0n) is 10.8. The third-order valence-electron chi connectivity index (χ3n) is 3.17. The number of ether oxygens (including phenoxy) is 1. The van der Waals surface area contributed by atoms with Crippen LogP contribution in [0.1, 0.15) is 11.8 Å². The van der Waals surface area contributed by atoms with Gasteiger partial charge in [0, 0.05) is 18.2 Å². The number of aromatic nitrogens is 2. The lowest BCUT2D eigenvalue weighted by atomic mass is 10.1. The number of hydrogen-bond donors (Lipinski definition) is 4. The van der Waals surface area contributed by atoms with E-state index in [1.54, 1.807) is 0 Å². The molecule has 0 spiro atoms. The number of aliphatic hydroxyl groups is 2. The summed E-state index contributed by atoms with van der Waals surface area (Å²) in [7, 11) is 0. The van der Waals surface area contributed by atoms with Gasteiger partial charge < -0.3 is 20.1 Å². The molecule has 1 aromatic rings. The second-order valence-electron chi connectivity index (χ2n) is 4.58. The Labute approximate surface area is 117 Å². The van der Waals surface area contributed by atoms with E-state index in [9.17, 15) is 19.5 Å². The van der Waals surface area contributed by atoms with Gasteiger partial charge in [-0.25, -0.2) is 9.59 Å². The van der Waals surface area contributed by atoms with E-state index >= 15 is 0 Å². The zero-order chi connectivity index (χ0) is 15.6. The molecule has 1 saturated heterocycles. The van der Waals surface area contributed by atoms with Crippen LogP contribution in [0.25, 0.3) is 6.08 Å². The summed E-state index contributed by atoms with van der Waals surface area (Å²) < 4.78 is 6.21. The molecule has 1 aliphatic heterocycles. The Morgan fingerprint density at radius 2 is 2.24 bits per heavy atom. The first-order chi connectivity index (χ1) is 9.93. The smallest absolute Gasteiger partial charge is 0.330 e. The van der Waals surface area contributed by atoms with Crippen molar-refractivity contribution in [3.05, 3.63) is 38.7 Å². The molecule has 9 heteroatoms. The molecular formula is C12H14N2O7. The van der Waals surface area contributed by atoms with Gasteiger partial charge in [-0.3, -0.25) is 14.3 Å². The average Bonchev–Trinajstić information content (AvgIpc) is 2.78. The van der Waals surface area contributed by atoms with E-state index in [1.807, 2.05) is 4.98 Å². The topological polar surface area (TPSA) is 142 Å². The first-order valence-electron chi connectivity index (χ1n) is 6.11. The van der Waals surface area contributed by atoms with Crippen molar-refractivity contribution in [2.75, 3.05) is 13.2 Å². The Bertz CT molecular complexity index is 675. The molecule has 9 nitrogen and oxygen atoms in total. The van der Waals surface area contributed by atoms with Crippen LogP contribution in [0.4, 0.5) is 0 Å². The molecule has 4 N–H and O–H groups in total. The van der Waals surface area contributed by atoms with E-state index in [1.165, 1.54) is 0 Å². The highest BCUT2D eigenvalue weighted by atomic mass is 16.5. The summed E-state index contributed by atoms with van der Waals surface area (Å²) in [6, 6.07) is 0. The van der Waals surface area contributed by atoms with Gasteiger partial charge in [0.2, 0.25) is 0 Å². The molecular weight excluding hydrogens is 284 g/mol. The third-order valence-corrected chi connectivity index (χ3v) is 3.17. The van der Waals surface area contributed by atoms with Gasteiger partial charge in [0.25, 0.3) is 5.56 Å². The van der Waals surface area contributed by atoms with Crippen LogP contribution in [0.2, 0.25) is 0 Å². The minimum atomic E-state index is -1.25. The van der Waals surface area contributed by atoms with Crippen molar-refractivity contribution in [3.63, 3.8) is 0 Å². The molecule has 0 aliphatic carbocycles. The minimum Gasteiger partial charge on any atom is -0.478 e. The van der Waals surface area contributed by atoms with Gasteiger partial charge in [-0.1, -0.05) is 0 Å². The number of hydrogen-bond acceptors (Lipinski definition) is 6. The molecule has 3 atom stereocenters. The first-order valence-corrected chi connectivity index (χ1v) is 6.11. The van der Waals surface area contributed by atoms with Crippen LogP contribution < -0.4 is 11.2 Å². The highest BCUT2D eigenvalue weighted by molar-refractivity contribution is 5.85. The van der Waals surface area contributed by atoms with Gasteiger partial charge in [-0.2, -0.15) is 0 Å². The number of carboxylic acid groups (broad SMARTS) is 1. The standard InChI is InChI=1S/C12H14N2O7/c15-4-7-5-21-11(9(7)18)14-3-6(1-2-8(16)17)10(19)13-12(14)20/h1-3,7,9,11,15,18H,4-5H2,(H,16,17)(H,13,19,20)/b2-1+/t7-,9-,11+/m0/s1. The van der Waals surface area contributed by atoms with Crippen molar-refractivity contribution in [1.29, 1.82) is 0 Å². The van der Waals surface area contributed by atoms with Gasteiger partial charge in [-0.05, 0) is 6.08 Å². The van der Waals surface area contributed by atoms with Crippen molar-refractivity contribution in [3.8, 4) is 0 Å². The molecule has 114 valence electrons. The molecule has 0 bridgehead atoms. The predicted octanol–water partition coefficient (Wildman–Crippen LogP) is -1.87. The maximum Gasteiger partial charge on any atom is 0.330 e. The maximum atomic E-state index is 11.8. The predicted molar refractivity (Wildman–Crippen MR) is 69.6 cm³/mol. The van der Waals surface area contributed by atoms with E-state index in [-0.39, 0.29) is 18.8 Å². The lowest BCUT2D eigenvalue weighted by molar-refractivity contribution is -0.131. The van der Waals surface area contributed by atoms with Gasteiger partial charge >= 0.3 is 11.7 Å². The van der Waals surface area contributed by atoms with E-state index in [2.05, 4.69) is 0 Å². The molecule has 1 aliphatic rings. The second-order valence-corrected chi connectivity index (χ2v) is 4.58. The molecule has 21 heavy (non-hydrogen) atoms. The number of carboxylic acids is 1. The van der Waals surface area contributed by atoms with Crippen LogP contribution in [-0.2, 0) is 9.53 Å². The fourth-order valence-corrected chi connectivity index (χ4v) is 2.03. The van der Waals surface area contributed by atoms with E-state index in [0.717, 1.165) is 22.9 Å². The number of rotatable bonds is 4. The normalized spacial score (nSPS) is 25.5. The monoisotopic (exact) mass is 298 g/mol. The number of carbonyl (C=O) groups is 1. The molecule has 0 aromatic carbocycles. The van der Waals surface area contributed by atoms with Crippen molar-refractivity contribution in [2.24, 2.45) is 5.92 Å². The third kappa shape index (κ3) is 3.10. The Morgan fingerprint density at radius 1 is 1.52 bits per heavy atom. The molecule has 2 heterocycles. The number of H-pyrrole nitrogens is 1. The number of aliphatic carboxylic acids is 1. The molecule has 0 saturated carbocycles. The van der Waals surface area contributed by atoms with Crippen molar-refractivity contribution in [2.45, 2.75) is 12.3 Å². The maximum absolute atomic E-state index is 11.8. The Balaban J connectivity index is 2.41. The lowest BCUT2D eigenvalue weighted by Crippen LogP contribution is -2.37. The number of nitrogens with zero attached hydrogens (tertiary/aromatic N) is 1. The van der Waals surface area contributed by atoms with Gasteiger partial charge in [-0.15, -0.1) is 0 Å². The van der Waals surface area contributed by atoms with Crippen molar-refractivity contribution in [1.82, 2.24) is 9.55 Å². The Kier molecular flexibility index (Phi) is 4.36. The summed E-state index contributed by atoms with van der Waals surface area (Å²) in [6.07, 6.45) is 0.719. The highest BCUT2D eigenvalue weighted by Crippen LogP contribution is 2.27. The number of aromatic amines is 1. The molecule has 2 rings (SSSR count). The summed E-state index contributed by atoms with van der Waals surface area (Å²) in [6.45, 7) is -0.240. The van der Waals surface area contributed by atoms with Crippen LogP contribution in [0.3, 0.4) is 0 Å². The lowest BCUT2D eigenvalue weighted by Gasteiger charge is -2.18. The van der Waals surface area contributed by atoms with Crippen LogP contribution in [0.15, 0.2) is 21.9 Å². The zero-order valence-corrected chi connectivity index (χ0v) is 10.8. The van der Waals surface area contributed by atoms with E-state index in [4.69, 9.17) is 14.9 Å². The van der Waals surface area contributed by atoms with Gasteiger partial charge in [0.15, 0.2) is 6.23 Å². The van der Waals surface area contributed by atoms with Crippen molar-refractivity contribution < 1.29 is 24.9 Å². The first kappa shape index (κ1) is 15.2. The highest BCUT2D eigenvalue weighted by Gasteiger charge is 2.37. The summed E-state index contributed by atoms with van der Waals surface area (Å²) in [5.41, 5.74) is -1.62. The fourth-order valence-electron chi connectivity index (χ4n) is 2.03. The number of aliphatic hydroxyl groups excluding tert-OH is 2. The SMILES string of the molecule is O=C(O)/C=C/c1cn([C@@H]2OC[C@H](CO)[C@@H]2O)c(=O)[nH]c1=O. The fraction of sp³-hybridized carbons (Fsp3) is 0.417. The minimum absolute atomic E-state index is 0.0637. The molecule has 0 amide bonds. The van der Waals surface area contributed by atoms with Crippen LogP contribution in [0.5, 0.6) is 0 Å². The quantitative estimate of drug-likeness (QED) is 0.477. The summed E-state index contributed by atoms with van der Waals surface area (Å²) in [4.78, 5) is 35.8. The van der Waals surface area contributed by atoms with Gasteiger partial charge in [0.05, 0.1) is 18.8 Å². The number of nitrogens with one attached hydrogen (secondary N) is 1. The van der Waals surface area contributed by atoms with E-state index in [0.29, 0.717) is 0 Å². The van der Waals surface area contributed by atoms with Crippen LogP contribution in [-0.4, -0.2) is 50.2 Å². The molecule has 0 unspecified atom stereocenters. The summed E-state index contributed by atoms with van der Waals surface area (Å²) in [5, 5.41) is 27.6. The largest absolute Gasteiger partial charge is 0.478 e. The molecule has 1 aromatic heterocycles. The average molecular weight is 298 g/mol. The molecule has 1 fully saturated rings. The Hall–Kier alpha value is -2.23. The summed E-state index contributed by atoms with van der Waals surface area (Å²) >= 11 is 0. The van der Waals surface area contributed by atoms with E-state index < -0.39 is 35.5 Å². The van der Waals surface area contributed by atoms with Crippen molar-refractivity contribution >= 4 is 12.0 Å².